The Kier molecular flexibility index (Phi) is 9.18. The summed E-state index contributed by atoms with van der Waals surface area (Å²) in [5.41, 5.74) is 0. The summed E-state index contributed by atoms with van der Waals surface area (Å²) in [6.07, 6.45) is 12.9. The van der Waals surface area contributed by atoms with Gasteiger partial charge in [0.05, 0.1) is 25.4 Å². The molecule has 30 heavy (non-hydrogen) atoms. The molecule has 3 aliphatic rings. The molecule has 4 nitrogen and oxygen atoms in total. The van der Waals surface area contributed by atoms with E-state index in [1.165, 1.54) is 12.5 Å². The number of nitriles is 1. The summed E-state index contributed by atoms with van der Waals surface area (Å²) in [6.45, 7) is 4.37. The van der Waals surface area contributed by atoms with Crippen LogP contribution in [0.15, 0.2) is 12.7 Å². The fourth-order valence-electron chi connectivity index (χ4n) is 6.07. The molecule has 3 unspecified atom stereocenters. The molecule has 0 bridgehead atoms. The molecule has 0 N–H and O–H groups in total. The summed E-state index contributed by atoms with van der Waals surface area (Å²) >= 11 is 0. The highest BCUT2D eigenvalue weighted by Crippen LogP contribution is 2.46. The smallest absolute Gasteiger partial charge is 0.330 e. The predicted molar refractivity (Wildman–Crippen MR) is 114 cm³/mol. The minimum Gasteiger partial charge on any atom is -0.462 e. The molecule has 0 aromatic carbocycles. The van der Waals surface area contributed by atoms with Crippen LogP contribution < -0.4 is 0 Å². The lowest BCUT2D eigenvalue weighted by molar-refractivity contribution is -0.138. The topological polar surface area (TPSA) is 59.3 Å². The summed E-state index contributed by atoms with van der Waals surface area (Å²) in [4.78, 5) is 11.0. The molecule has 0 heterocycles. The third kappa shape index (κ3) is 6.54. The number of hydrogen-bond donors (Lipinski definition) is 0. The van der Waals surface area contributed by atoms with Crippen LogP contribution in [0.4, 0.5) is 4.39 Å². The van der Waals surface area contributed by atoms with E-state index in [-0.39, 0.29) is 17.8 Å². The number of carbonyl (C=O) groups excluding carboxylic acids is 1. The van der Waals surface area contributed by atoms with Crippen molar-refractivity contribution in [2.24, 2.45) is 29.6 Å². The van der Waals surface area contributed by atoms with E-state index in [4.69, 9.17) is 14.7 Å². The van der Waals surface area contributed by atoms with Crippen molar-refractivity contribution in [1.29, 1.82) is 5.26 Å². The zero-order chi connectivity index (χ0) is 21.3. The first kappa shape index (κ1) is 23.3. The fraction of sp³-hybridized carbons (Fsp3) is 0.840. The van der Waals surface area contributed by atoms with Gasteiger partial charge in [0.2, 0.25) is 0 Å². The summed E-state index contributed by atoms with van der Waals surface area (Å²) in [5, 5.41) is 9.08. The first-order chi connectivity index (χ1) is 14.6. The molecule has 3 saturated carbocycles. The van der Waals surface area contributed by atoms with Gasteiger partial charge in [-0.25, -0.2) is 9.18 Å². The van der Waals surface area contributed by atoms with Crippen LogP contribution in [0.1, 0.15) is 77.0 Å². The van der Waals surface area contributed by atoms with Gasteiger partial charge in [-0.05, 0) is 94.3 Å². The molecule has 0 spiro atoms. The summed E-state index contributed by atoms with van der Waals surface area (Å²) in [5.74, 6) is 1.73. The molecule has 0 amide bonds. The second-order valence-electron chi connectivity index (χ2n) is 9.63. The molecule has 3 atom stereocenters. The molecule has 3 rings (SSSR count). The molecule has 0 aliphatic heterocycles. The van der Waals surface area contributed by atoms with Crippen LogP contribution in [0.2, 0.25) is 0 Å². The maximum atomic E-state index is 15.1. The third-order valence-electron chi connectivity index (χ3n) is 7.86. The first-order valence-electron chi connectivity index (χ1n) is 12.0. The molecule has 3 fully saturated rings. The molecular formula is C25H38FNO3. The number of rotatable bonds is 8. The number of hydrogen-bond acceptors (Lipinski definition) is 4. The Morgan fingerprint density at radius 3 is 2.27 bits per heavy atom. The second kappa shape index (κ2) is 11.8. The van der Waals surface area contributed by atoms with Gasteiger partial charge in [0.25, 0.3) is 0 Å². The average Bonchev–Trinajstić information content (AvgIpc) is 2.79. The molecule has 3 aliphatic carbocycles. The molecular weight excluding hydrogens is 381 g/mol. The van der Waals surface area contributed by atoms with Gasteiger partial charge in [-0.2, -0.15) is 5.26 Å². The minimum absolute atomic E-state index is 0.204. The highest BCUT2D eigenvalue weighted by Gasteiger charge is 2.40. The summed E-state index contributed by atoms with van der Waals surface area (Å²) < 4.78 is 26.0. The van der Waals surface area contributed by atoms with Gasteiger partial charge in [0, 0.05) is 18.4 Å². The maximum Gasteiger partial charge on any atom is 0.330 e. The Morgan fingerprint density at radius 1 is 0.967 bits per heavy atom. The number of halogens is 1. The van der Waals surface area contributed by atoms with Crippen LogP contribution >= 0.6 is 0 Å². The van der Waals surface area contributed by atoms with Crippen molar-refractivity contribution in [3.8, 4) is 6.07 Å². The van der Waals surface area contributed by atoms with Gasteiger partial charge in [0.1, 0.15) is 6.17 Å². The molecule has 0 radical (unpaired) electrons. The van der Waals surface area contributed by atoms with E-state index in [0.29, 0.717) is 43.5 Å². The maximum absolute atomic E-state index is 15.1. The van der Waals surface area contributed by atoms with Gasteiger partial charge >= 0.3 is 5.97 Å². The van der Waals surface area contributed by atoms with Crippen molar-refractivity contribution in [3.63, 3.8) is 0 Å². The Morgan fingerprint density at radius 2 is 1.63 bits per heavy atom. The highest BCUT2D eigenvalue weighted by atomic mass is 19.1. The van der Waals surface area contributed by atoms with E-state index >= 15 is 4.39 Å². The summed E-state index contributed by atoms with van der Waals surface area (Å²) in [6, 6.07) is 2.39. The van der Waals surface area contributed by atoms with E-state index < -0.39 is 6.17 Å². The van der Waals surface area contributed by atoms with Gasteiger partial charge in [-0.1, -0.05) is 6.58 Å². The van der Waals surface area contributed by atoms with Crippen LogP contribution in [0.25, 0.3) is 0 Å². The van der Waals surface area contributed by atoms with Crippen molar-refractivity contribution in [1.82, 2.24) is 0 Å². The standard InChI is InChI=1S/C25H38FNO3/c1-2-25(28)30-15-3-14-29-22-11-8-19(9-12-22)21-10-13-23(24(26)16-21)20-6-4-18(17-27)5-7-20/h2,18-24H,1,3-16H2. The van der Waals surface area contributed by atoms with E-state index in [9.17, 15) is 4.79 Å². The zero-order valence-electron chi connectivity index (χ0n) is 18.3. The van der Waals surface area contributed by atoms with E-state index in [0.717, 1.165) is 64.2 Å². The van der Waals surface area contributed by atoms with Gasteiger partial charge in [-0.15, -0.1) is 0 Å². The van der Waals surface area contributed by atoms with Crippen molar-refractivity contribution in [2.45, 2.75) is 89.3 Å². The highest BCUT2D eigenvalue weighted by molar-refractivity contribution is 5.81. The number of esters is 1. The van der Waals surface area contributed by atoms with Crippen molar-refractivity contribution in [2.75, 3.05) is 13.2 Å². The minimum atomic E-state index is -0.653. The van der Waals surface area contributed by atoms with Crippen molar-refractivity contribution < 1.29 is 18.7 Å². The molecule has 0 aromatic rings. The average molecular weight is 420 g/mol. The Bertz CT molecular complexity index is 588. The van der Waals surface area contributed by atoms with Crippen LogP contribution in [0.3, 0.4) is 0 Å². The molecule has 5 heteroatoms. The third-order valence-corrected chi connectivity index (χ3v) is 7.86. The van der Waals surface area contributed by atoms with Crippen LogP contribution in [0, 0.1) is 40.9 Å². The Balaban J connectivity index is 1.31. The largest absolute Gasteiger partial charge is 0.462 e. The predicted octanol–water partition coefficient (Wildman–Crippen LogP) is 5.77. The van der Waals surface area contributed by atoms with Gasteiger partial charge < -0.3 is 9.47 Å². The lowest BCUT2D eigenvalue weighted by atomic mass is 9.65. The lowest BCUT2D eigenvalue weighted by Crippen LogP contribution is -2.37. The van der Waals surface area contributed by atoms with Crippen LogP contribution in [-0.2, 0) is 14.3 Å². The summed E-state index contributed by atoms with van der Waals surface area (Å²) in [7, 11) is 0. The first-order valence-corrected chi connectivity index (χ1v) is 12.0. The number of ether oxygens (including phenoxy) is 2. The molecule has 168 valence electrons. The zero-order valence-corrected chi connectivity index (χ0v) is 18.3. The second-order valence-corrected chi connectivity index (χ2v) is 9.63. The quantitative estimate of drug-likeness (QED) is 0.285. The lowest BCUT2D eigenvalue weighted by Gasteiger charge is -2.42. The Hall–Kier alpha value is -1.41. The van der Waals surface area contributed by atoms with Crippen LogP contribution in [0.5, 0.6) is 0 Å². The number of alkyl halides is 1. The van der Waals surface area contributed by atoms with Gasteiger partial charge in [0.15, 0.2) is 0 Å². The van der Waals surface area contributed by atoms with Gasteiger partial charge in [-0.3, -0.25) is 0 Å². The van der Waals surface area contributed by atoms with Crippen LogP contribution in [-0.4, -0.2) is 31.5 Å². The number of carbonyl (C=O) groups is 1. The Labute approximate surface area is 181 Å². The fourth-order valence-corrected chi connectivity index (χ4v) is 6.07. The number of nitrogens with zero attached hydrogens (tertiary/aromatic N) is 1. The van der Waals surface area contributed by atoms with E-state index in [2.05, 4.69) is 12.6 Å². The molecule has 0 saturated heterocycles. The van der Waals surface area contributed by atoms with E-state index in [1.807, 2.05) is 0 Å². The monoisotopic (exact) mass is 419 g/mol. The van der Waals surface area contributed by atoms with Crippen molar-refractivity contribution >= 4 is 5.97 Å². The normalized spacial score (nSPS) is 37.1. The van der Waals surface area contributed by atoms with E-state index in [1.54, 1.807) is 0 Å². The SMILES string of the molecule is C=CC(=O)OCCCOC1CCC(C2CCC(C3CCC(C#N)CC3)C(F)C2)CC1. The molecule has 0 aromatic heterocycles. The van der Waals surface area contributed by atoms with Crippen molar-refractivity contribution in [3.05, 3.63) is 12.7 Å².